The number of nitrogens with zero attached hydrogens (tertiary/aromatic N) is 1. The van der Waals surface area contributed by atoms with E-state index in [4.69, 9.17) is 13.7 Å². The Hall–Kier alpha value is -3.37. The molecule has 10 heteroatoms. The molecule has 3 rings (SSSR count). The maximum atomic E-state index is 12.5. The van der Waals surface area contributed by atoms with Gasteiger partial charge in [0, 0.05) is 5.56 Å². The van der Waals surface area contributed by atoms with E-state index in [2.05, 4.69) is 26.5 Å². The fourth-order valence-corrected chi connectivity index (χ4v) is 4.39. The minimum absolute atomic E-state index is 0.0528. The lowest BCUT2D eigenvalue weighted by Crippen LogP contribution is -2.17. The van der Waals surface area contributed by atoms with Crippen molar-refractivity contribution in [2.24, 2.45) is 5.10 Å². The molecule has 3 aromatic carbocycles. The van der Waals surface area contributed by atoms with Gasteiger partial charge in [0.2, 0.25) is 0 Å². The van der Waals surface area contributed by atoms with Crippen LogP contribution in [0.25, 0.3) is 0 Å². The molecule has 0 heterocycles. The number of hydrazone groups is 1. The number of hydrogen-bond donors (Lipinski definition) is 1. The summed E-state index contributed by atoms with van der Waals surface area (Å²) in [5.74, 6) is 0.743. The van der Waals surface area contributed by atoms with Crippen molar-refractivity contribution in [3.8, 4) is 17.2 Å². The summed E-state index contributed by atoms with van der Waals surface area (Å²) in [5.41, 5.74) is 3.42. The molecule has 8 nitrogen and oxygen atoms in total. The number of benzene rings is 3. The first-order valence-corrected chi connectivity index (χ1v) is 12.6. The van der Waals surface area contributed by atoms with Crippen molar-refractivity contribution in [2.45, 2.75) is 18.7 Å². The number of amides is 1. The number of carbonyl (C=O) groups excluding carboxylic acids is 1. The minimum Gasteiger partial charge on any atom is -0.490 e. The third-order valence-electron chi connectivity index (χ3n) is 4.37. The van der Waals surface area contributed by atoms with Gasteiger partial charge in [-0.05, 0) is 83.9 Å². The Morgan fingerprint density at radius 3 is 2.29 bits per heavy atom. The Labute approximate surface area is 206 Å². The first-order valence-electron chi connectivity index (χ1n) is 10.4. The Morgan fingerprint density at radius 2 is 1.62 bits per heavy atom. The molecule has 0 aliphatic carbocycles. The van der Waals surface area contributed by atoms with Crippen molar-refractivity contribution in [1.29, 1.82) is 0 Å². The van der Waals surface area contributed by atoms with Crippen LogP contribution in [0.1, 0.15) is 29.8 Å². The highest BCUT2D eigenvalue weighted by molar-refractivity contribution is 9.10. The van der Waals surface area contributed by atoms with E-state index in [9.17, 15) is 13.2 Å². The van der Waals surface area contributed by atoms with Gasteiger partial charge in [-0.3, -0.25) is 4.79 Å². The molecular formula is C24H23BrN2O6S. The van der Waals surface area contributed by atoms with Crippen LogP contribution in [0.4, 0.5) is 0 Å². The quantitative estimate of drug-likeness (QED) is 0.223. The molecule has 0 aliphatic rings. The molecule has 0 aliphatic heterocycles. The summed E-state index contributed by atoms with van der Waals surface area (Å²) in [6, 6.07) is 17.5. The summed E-state index contributed by atoms with van der Waals surface area (Å²) >= 11 is 3.31. The highest BCUT2D eigenvalue weighted by Crippen LogP contribution is 2.29. The average molecular weight is 547 g/mol. The monoisotopic (exact) mass is 546 g/mol. The van der Waals surface area contributed by atoms with Crippen LogP contribution in [-0.2, 0) is 10.1 Å². The molecule has 0 saturated carbocycles. The molecule has 3 aromatic rings. The first kappa shape index (κ1) is 25.3. The fraction of sp³-hybridized carbons (Fsp3) is 0.167. The van der Waals surface area contributed by atoms with Gasteiger partial charge in [-0.25, -0.2) is 5.43 Å². The zero-order chi connectivity index (χ0) is 24.6. The normalized spacial score (nSPS) is 11.3. The number of halogens is 1. The molecule has 0 saturated heterocycles. The summed E-state index contributed by atoms with van der Waals surface area (Å²) in [7, 11) is -3.96. The molecule has 0 radical (unpaired) electrons. The molecule has 1 N–H and O–H groups in total. The summed E-state index contributed by atoms with van der Waals surface area (Å²) in [6.07, 6.45) is 1.43. The molecule has 0 spiro atoms. The largest absolute Gasteiger partial charge is 0.490 e. The second-order valence-corrected chi connectivity index (χ2v) is 9.17. The zero-order valence-corrected chi connectivity index (χ0v) is 20.9. The third-order valence-corrected chi connectivity index (χ3v) is 6.24. The fourth-order valence-electron chi connectivity index (χ4n) is 2.84. The minimum atomic E-state index is -3.96. The van der Waals surface area contributed by atoms with Crippen LogP contribution in [0.5, 0.6) is 17.2 Å². The van der Waals surface area contributed by atoms with E-state index in [1.807, 2.05) is 13.8 Å². The Morgan fingerprint density at radius 1 is 0.941 bits per heavy atom. The number of carbonyl (C=O) groups is 1. The average Bonchev–Trinajstić information content (AvgIpc) is 2.82. The van der Waals surface area contributed by atoms with E-state index in [1.54, 1.807) is 48.5 Å². The second kappa shape index (κ2) is 11.7. The number of nitrogens with one attached hydrogen (secondary N) is 1. The lowest BCUT2D eigenvalue weighted by molar-refractivity contribution is 0.0954. The van der Waals surface area contributed by atoms with Gasteiger partial charge in [0.1, 0.15) is 4.90 Å². The highest BCUT2D eigenvalue weighted by Gasteiger charge is 2.17. The Kier molecular flexibility index (Phi) is 8.67. The molecular weight excluding hydrogens is 524 g/mol. The SMILES string of the molecule is CCOc1ccc(C(=O)N/N=C/c2ccc(OS(=O)(=O)c3ccccc3)c(Br)c2)cc1OCC. The summed E-state index contributed by atoms with van der Waals surface area (Å²) in [4.78, 5) is 12.5. The van der Waals surface area contributed by atoms with Gasteiger partial charge in [0.25, 0.3) is 5.91 Å². The molecule has 0 atom stereocenters. The van der Waals surface area contributed by atoms with Crippen molar-refractivity contribution >= 4 is 38.2 Å². The highest BCUT2D eigenvalue weighted by atomic mass is 79.9. The summed E-state index contributed by atoms with van der Waals surface area (Å²) in [6.45, 7) is 4.63. The number of rotatable bonds is 10. The van der Waals surface area contributed by atoms with Crippen LogP contribution < -0.4 is 19.1 Å². The van der Waals surface area contributed by atoms with Crippen LogP contribution in [0.2, 0.25) is 0 Å². The first-order chi connectivity index (χ1) is 16.3. The summed E-state index contributed by atoms with van der Waals surface area (Å²) < 4.78 is 41.5. The van der Waals surface area contributed by atoms with Crippen molar-refractivity contribution in [3.05, 3.63) is 82.3 Å². The lowest BCUT2D eigenvalue weighted by atomic mass is 10.2. The number of ether oxygens (including phenoxy) is 2. The lowest BCUT2D eigenvalue weighted by Gasteiger charge is -2.11. The van der Waals surface area contributed by atoms with Crippen molar-refractivity contribution in [1.82, 2.24) is 5.43 Å². The van der Waals surface area contributed by atoms with Gasteiger partial charge in [-0.15, -0.1) is 0 Å². The van der Waals surface area contributed by atoms with Gasteiger partial charge >= 0.3 is 10.1 Å². The molecule has 0 bridgehead atoms. The van der Waals surface area contributed by atoms with Crippen molar-refractivity contribution in [3.63, 3.8) is 0 Å². The molecule has 0 fully saturated rings. The van der Waals surface area contributed by atoms with Crippen LogP contribution in [-0.4, -0.2) is 33.8 Å². The van der Waals surface area contributed by atoms with Crippen molar-refractivity contribution < 1.29 is 26.9 Å². The topological polar surface area (TPSA) is 103 Å². The van der Waals surface area contributed by atoms with Gasteiger partial charge in [0.05, 0.1) is 23.9 Å². The van der Waals surface area contributed by atoms with Crippen LogP contribution in [0.3, 0.4) is 0 Å². The van der Waals surface area contributed by atoms with Gasteiger partial charge in [-0.1, -0.05) is 18.2 Å². The van der Waals surface area contributed by atoms with E-state index in [0.29, 0.717) is 40.3 Å². The van der Waals surface area contributed by atoms with E-state index in [0.717, 1.165) is 0 Å². The van der Waals surface area contributed by atoms with Crippen LogP contribution >= 0.6 is 15.9 Å². The van der Waals surface area contributed by atoms with E-state index < -0.39 is 16.0 Å². The van der Waals surface area contributed by atoms with E-state index >= 15 is 0 Å². The van der Waals surface area contributed by atoms with Crippen LogP contribution in [0.15, 0.2) is 81.2 Å². The smallest absolute Gasteiger partial charge is 0.339 e. The Balaban J connectivity index is 1.67. The maximum Gasteiger partial charge on any atom is 0.339 e. The van der Waals surface area contributed by atoms with Gasteiger partial charge in [0.15, 0.2) is 17.2 Å². The molecule has 1 amide bonds. The predicted molar refractivity (Wildman–Crippen MR) is 132 cm³/mol. The standard InChI is InChI=1S/C24H23BrN2O6S/c1-3-31-22-13-11-18(15-23(22)32-4-2)24(28)27-26-16-17-10-12-21(20(25)14-17)33-34(29,30)19-8-6-5-7-9-19/h5-16H,3-4H2,1-2H3,(H,27,28)/b26-16+. The van der Waals surface area contributed by atoms with E-state index in [-0.39, 0.29) is 10.6 Å². The molecule has 0 unspecified atom stereocenters. The number of hydrogen-bond acceptors (Lipinski definition) is 7. The third kappa shape index (κ3) is 6.58. The van der Waals surface area contributed by atoms with Crippen LogP contribution in [0, 0.1) is 0 Å². The zero-order valence-electron chi connectivity index (χ0n) is 18.5. The summed E-state index contributed by atoms with van der Waals surface area (Å²) in [5, 5.41) is 3.97. The molecule has 178 valence electrons. The van der Waals surface area contributed by atoms with Gasteiger partial charge in [-0.2, -0.15) is 13.5 Å². The van der Waals surface area contributed by atoms with Gasteiger partial charge < -0.3 is 13.7 Å². The Bertz CT molecular complexity index is 1280. The second-order valence-electron chi connectivity index (χ2n) is 6.77. The van der Waals surface area contributed by atoms with Crippen molar-refractivity contribution in [2.75, 3.05) is 13.2 Å². The molecule has 0 aromatic heterocycles. The maximum absolute atomic E-state index is 12.5. The van der Waals surface area contributed by atoms with E-state index in [1.165, 1.54) is 24.4 Å². The molecule has 34 heavy (non-hydrogen) atoms. The predicted octanol–water partition coefficient (Wildman–Crippen LogP) is 4.78.